The zero-order valence-corrected chi connectivity index (χ0v) is 17.4. The van der Waals surface area contributed by atoms with Gasteiger partial charge >= 0.3 is 0 Å². The maximum Gasteiger partial charge on any atom is 0.257 e. The SMILES string of the molecule is CCn1cccc1-c1noc(CNC(=O)C[C@H]2CSc3nc4c(c(=O)n32)CCC4)n1. The average Bonchev–Trinajstić information content (AvgIpc) is 3.52. The van der Waals surface area contributed by atoms with Crippen molar-refractivity contribution in [2.45, 2.75) is 56.9 Å². The van der Waals surface area contributed by atoms with Gasteiger partial charge in [0.1, 0.15) is 0 Å². The molecule has 9 nitrogen and oxygen atoms in total. The first kappa shape index (κ1) is 19.1. The Morgan fingerprint density at radius 2 is 2.27 bits per heavy atom. The van der Waals surface area contributed by atoms with Gasteiger partial charge in [0.15, 0.2) is 5.16 Å². The third-order valence-electron chi connectivity index (χ3n) is 5.60. The first-order chi connectivity index (χ1) is 14.6. The number of carbonyl (C=O) groups excluding carboxylic acids is 1. The highest BCUT2D eigenvalue weighted by Gasteiger charge is 2.31. The summed E-state index contributed by atoms with van der Waals surface area (Å²) in [6, 6.07) is 3.68. The molecule has 0 aromatic carbocycles. The molecule has 0 bridgehead atoms. The van der Waals surface area contributed by atoms with Crippen molar-refractivity contribution >= 4 is 17.7 Å². The molecule has 0 spiro atoms. The van der Waals surface area contributed by atoms with E-state index < -0.39 is 0 Å². The lowest BCUT2D eigenvalue weighted by Gasteiger charge is -2.14. The van der Waals surface area contributed by atoms with E-state index in [0.717, 1.165) is 47.9 Å². The molecular weight excluding hydrogens is 404 g/mol. The van der Waals surface area contributed by atoms with Crippen LogP contribution in [0.2, 0.25) is 0 Å². The highest BCUT2D eigenvalue weighted by molar-refractivity contribution is 7.99. The van der Waals surface area contributed by atoms with Crippen molar-refractivity contribution < 1.29 is 9.32 Å². The van der Waals surface area contributed by atoms with Crippen LogP contribution in [0.4, 0.5) is 0 Å². The lowest BCUT2D eigenvalue weighted by molar-refractivity contribution is -0.122. The molecule has 4 heterocycles. The number of nitrogens with one attached hydrogen (secondary N) is 1. The van der Waals surface area contributed by atoms with E-state index >= 15 is 0 Å². The maximum absolute atomic E-state index is 12.8. The fourth-order valence-electron chi connectivity index (χ4n) is 4.09. The van der Waals surface area contributed by atoms with Gasteiger partial charge in [-0.1, -0.05) is 16.9 Å². The zero-order valence-electron chi connectivity index (χ0n) is 16.6. The van der Waals surface area contributed by atoms with Crippen LogP contribution < -0.4 is 10.9 Å². The lowest BCUT2D eigenvalue weighted by atomic mass is 10.2. The third-order valence-corrected chi connectivity index (χ3v) is 6.70. The number of aryl methyl sites for hydroxylation is 2. The normalized spacial score (nSPS) is 17.2. The quantitative estimate of drug-likeness (QED) is 0.600. The van der Waals surface area contributed by atoms with Gasteiger partial charge in [0.25, 0.3) is 5.56 Å². The van der Waals surface area contributed by atoms with Crippen LogP contribution in [-0.2, 0) is 30.7 Å². The predicted octanol–water partition coefficient (Wildman–Crippen LogP) is 1.96. The summed E-state index contributed by atoms with van der Waals surface area (Å²) in [6.07, 6.45) is 4.81. The average molecular weight is 427 g/mol. The van der Waals surface area contributed by atoms with Gasteiger partial charge in [0.2, 0.25) is 17.6 Å². The first-order valence-corrected chi connectivity index (χ1v) is 11.1. The van der Waals surface area contributed by atoms with Gasteiger partial charge in [0, 0.05) is 30.5 Å². The summed E-state index contributed by atoms with van der Waals surface area (Å²) < 4.78 is 9.00. The number of fused-ring (bicyclic) bond motifs is 2. The van der Waals surface area contributed by atoms with Gasteiger partial charge in [-0.05, 0) is 38.3 Å². The number of nitrogens with zero attached hydrogens (tertiary/aromatic N) is 5. The molecule has 1 amide bonds. The Morgan fingerprint density at radius 1 is 1.37 bits per heavy atom. The van der Waals surface area contributed by atoms with Gasteiger partial charge in [-0.2, -0.15) is 4.98 Å². The molecule has 0 saturated heterocycles. The summed E-state index contributed by atoms with van der Waals surface area (Å²) in [7, 11) is 0. The van der Waals surface area contributed by atoms with Crippen LogP contribution in [0.1, 0.15) is 43.0 Å². The fraction of sp³-hybridized carbons (Fsp3) is 0.450. The van der Waals surface area contributed by atoms with Crippen LogP contribution in [-0.4, -0.2) is 35.9 Å². The second-order valence-corrected chi connectivity index (χ2v) is 8.47. The molecule has 3 aromatic rings. The zero-order chi connectivity index (χ0) is 20.7. The van der Waals surface area contributed by atoms with Gasteiger partial charge in [-0.3, -0.25) is 14.2 Å². The molecule has 0 fully saturated rings. The summed E-state index contributed by atoms with van der Waals surface area (Å²) >= 11 is 1.55. The Labute approximate surface area is 176 Å². The monoisotopic (exact) mass is 426 g/mol. The molecule has 1 aliphatic heterocycles. The first-order valence-electron chi connectivity index (χ1n) is 10.2. The molecule has 0 radical (unpaired) electrons. The van der Waals surface area contributed by atoms with Crippen LogP contribution in [0.3, 0.4) is 0 Å². The highest BCUT2D eigenvalue weighted by Crippen LogP contribution is 2.33. The number of aromatic nitrogens is 5. The minimum Gasteiger partial charge on any atom is -0.347 e. The van der Waals surface area contributed by atoms with E-state index in [1.807, 2.05) is 29.8 Å². The van der Waals surface area contributed by atoms with Crippen molar-refractivity contribution in [1.29, 1.82) is 0 Å². The van der Waals surface area contributed by atoms with Gasteiger partial charge in [-0.25, -0.2) is 4.98 Å². The van der Waals surface area contributed by atoms with E-state index in [9.17, 15) is 9.59 Å². The Kier molecular flexibility index (Phi) is 4.93. The molecule has 30 heavy (non-hydrogen) atoms. The topological polar surface area (TPSA) is 108 Å². The summed E-state index contributed by atoms with van der Waals surface area (Å²) in [5, 5.41) is 7.57. The van der Waals surface area contributed by atoms with Crippen molar-refractivity contribution in [2.75, 3.05) is 5.75 Å². The molecule has 0 unspecified atom stereocenters. The van der Waals surface area contributed by atoms with Crippen molar-refractivity contribution in [3.05, 3.63) is 45.8 Å². The molecule has 1 N–H and O–H groups in total. The number of rotatable bonds is 6. The lowest BCUT2D eigenvalue weighted by Crippen LogP contribution is -2.32. The van der Waals surface area contributed by atoms with Crippen molar-refractivity contribution in [3.63, 3.8) is 0 Å². The molecule has 0 saturated carbocycles. The largest absolute Gasteiger partial charge is 0.347 e. The van der Waals surface area contributed by atoms with Crippen LogP contribution in [0.5, 0.6) is 0 Å². The minimum atomic E-state index is -0.179. The molecule has 10 heteroatoms. The third kappa shape index (κ3) is 3.34. The van der Waals surface area contributed by atoms with Crippen LogP contribution in [0.15, 0.2) is 32.8 Å². The van der Waals surface area contributed by atoms with Crippen LogP contribution in [0.25, 0.3) is 11.5 Å². The minimum absolute atomic E-state index is 0.0239. The van der Waals surface area contributed by atoms with Crippen LogP contribution in [0, 0.1) is 0 Å². The highest BCUT2D eigenvalue weighted by atomic mass is 32.2. The molecule has 1 atom stereocenters. The Balaban J connectivity index is 1.23. The molecule has 2 aliphatic rings. The standard InChI is InChI=1S/C20H22N6O3S/c1-2-25-8-4-7-15(25)18-23-17(29-24-18)10-21-16(27)9-12-11-30-20-22-14-6-3-5-13(14)19(28)26(12)20/h4,7-8,12H,2-3,5-6,9-11H2,1H3,(H,21,27)/t12-/m0/s1. The number of amides is 1. The van der Waals surface area contributed by atoms with Crippen LogP contribution >= 0.6 is 11.8 Å². The molecule has 156 valence electrons. The predicted molar refractivity (Wildman–Crippen MR) is 110 cm³/mol. The number of thioether (sulfide) groups is 1. The Hall–Kier alpha value is -2.88. The molecular formula is C20H22N6O3S. The maximum atomic E-state index is 12.8. The van der Waals surface area contributed by atoms with E-state index in [1.54, 1.807) is 16.3 Å². The number of hydrogen-bond donors (Lipinski definition) is 1. The number of carbonyl (C=O) groups is 1. The van der Waals surface area contributed by atoms with Crippen molar-refractivity contribution in [1.82, 2.24) is 29.6 Å². The van der Waals surface area contributed by atoms with Gasteiger partial charge in [0.05, 0.1) is 24.0 Å². The van der Waals surface area contributed by atoms with Crippen molar-refractivity contribution in [2.24, 2.45) is 0 Å². The second kappa shape index (κ2) is 7.75. The van der Waals surface area contributed by atoms with E-state index in [2.05, 4.69) is 20.4 Å². The number of hydrogen-bond acceptors (Lipinski definition) is 7. The summed E-state index contributed by atoms with van der Waals surface area (Å²) in [5.41, 5.74) is 2.65. The second-order valence-electron chi connectivity index (χ2n) is 7.49. The van der Waals surface area contributed by atoms with Crippen molar-refractivity contribution in [3.8, 4) is 11.5 Å². The van der Waals surface area contributed by atoms with Gasteiger partial charge in [-0.15, -0.1) is 0 Å². The molecule has 1 aliphatic carbocycles. The Bertz CT molecular complexity index is 1160. The molecule has 3 aromatic heterocycles. The summed E-state index contributed by atoms with van der Waals surface area (Å²) in [5.74, 6) is 1.37. The van der Waals surface area contributed by atoms with E-state index in [0.29, 0.717) is 17.5 Å². The fourth-order valence-corrected chi connectivity index (χ4v) is 5.24. The smallest absolute Gasteiger partial charge is 0.257 e. The van der Waals surface area contributed by atoms with E-state index in [1.165, 1.54) is 0 Å². The molecule has 5 rings (SSSR count). The van der Waals surface area contributed by atoms with E-state index in [-0.39, 0.29) is 30.5 Å². The summed E-state index contributed by atoms with van der Waals surface area (Å²) in [4.78, 5) is 34.4. The Morgan fingerprint density at radius 3 is 3.13 bits per heavy atom. The van der Waals surface area contributed by atoms with E-state index in [4.69, 9.17) is 4.52 Å². The van der Waals surface area contributed by atoms with Gasteiger partial charge < -0.3 is 14.4 Å². The summed E-state index contributed by atoms with van der Waals surface area (Å²) in [6.45, 7) is 3.00.